The summed E-state index contributed by atoms with van der Waals surface area (Å²) < 4.78 is 6.43. The standard InChI is InChI=1S/C16H12N4O5S/c21-13(8-1-2-9-11(7-8)25-16(24)19-9)17-4-5-20-14(22)12-10(3-6-26-12)18-15(20)23/h1-3,6-7H,4-5H2,(H,17,21)(H,18,23)(H,19,24). The maximum absolute atomic E-state index is 12.3. The summed E-state index contributed by atoms with van der Waals surface area (Å²) in [6.07, 6.45) is 0. The molecule has 4 rings (SSSR count). The van der Waals surface area contributed by atoms with E-state index in [1.165, 1.54) is 17.4 Å². The first-order chi connectivity index (χ1) is 12.5. The molecule has 1 amide bonds. The minimum Gasteiger partial charge on any atom is -0.408 e. The van der Waals surface area contributed by atoms with Crippen LogP contribution in [0.4, 0.5) is 0 Å². The number of amides is 1. The first-order valence-corrected chi connectivity index (χ1v) is 8.52. The first-order valence-electron chi connectivity index (χ1n) is 7.64. The van der Waals surface area contributed by atoms with Crippen molar-refractivity contribution in [3.63, 3.8) is 0 Å². The van der Waals surface area contributed by atoms with E-state index in [0.717, 1.165) is 4.57 Å². The summed E-state index contributed by atoms with van der Waals surface area (Å²) in [7, 11) is 0. The van der Waals surface area contributed by atoms with Crippen molar-refractivity contribution in [3.8, 4) is 0 Å². The lowest BCUT2D eigenvalue weighted by molar-refractivity contribution is 0.0952. The molecule has 0 saturated carbocycles. The van der Waals surface area contributed by atoms with Crippen LogP contribution in [0.2, 0.25) is 0 Å². The monoisotopic (exact) mass is 372 g/mol. The smallest absolute Gasteiger partial charge is 0.408 e. The molecule has 9 nitrogen and oxygen atoms in total. The van der Waals surface area contributed by atoms with Gasteiger partial charge in [0.05, 0.1) is 11.0 Å². The van der Waals surface area contributed by atoms with Gasteiger partial charge in [0, 0.05) is 18.7 Å². The van der Waals surface area contributed by atoms with Gasteiger partial charge >= 0.3 is 11.4 Å². The molecule has 0 aliphatic rings. The van der Waals surface area contributed by atoms with E-state index in [-0.39, 0.29) is 24.2 Å². The molecule has 10 heteroatoms. The lowest BCUT2D eigenvalue weighted by Crippen LogP contribution is -2.38. The predicted octanol–water partition coefficient (Wildman–Crippen LogP) is 0.616. The lowest BCUT2D eigenvalue weighted by Gasteiger charge is -2.07. The molecule has 3 heterocycles. The number of aromatic amines is 2. The van der Waals surface area contributed by atoms with Crippen LogP contribution in [0.1, 0.15) is 10.4 Å². The number of fused-ring (bicyclic) bond motifs is 2. The fraction of sp³-hybridized carbons (Fsp3) is 0.125. The summed E-state index contributed by atoms with van der Waals surface area (Å²) >= 11 is 1.25. The van der Waals surface area contributed by atoms with Crippen molar-refractivity contribution in [2.45, 2.75) is 6.54 Å². The molecule has 3 N–H and O–H groups in total. The maximum Gasteiger partial charge on any atom is 0.417 e. The van der Waals surface area contributed by atoms with Crippen LogP contribution >= 0.6 is 11.3 Å². The molecule has 0 saturated heterocycles. The van der Waals surface area contributed by atoms with Crippen molar-refractivity contribution >= 4 is 38.6 Å². The van der Waals surface area contributed by atoms with E-state index < -0.39 is 17.4 Å². The SMILES string of the molecule is O=C(NCCn1c(=O)[nH]c2ccsc2c1=O)c1ccc2[nH]c(=O)oc2c1. The minimum absolute atomic E-state index is 0.0369. The van der Waals surface area contributed by atoms with Gasteiger partial charge in [-0.15, -0.1) is 11.3 Å². The van der Waals surface area contributed by atoms with E-state index in [4.69, 9.17) is 4.42 Å². The third kappa shape index (κ3) is 2.75. The second-order valence-corrected chi connectivity index (χ2v) is 6.45. The van der Waals surface area contributed by atoms with E-state index in [0.29, 0.717) is 21.3 Å². The zero-order valence-corrected chi connectivity index (χ0v) is 14.0. The van der Waals surface area contributed by atoms with Gasteiger partial charge in [-0.2, -0.15) is 0 Å². The molecule has 0 fully saturated rings. The van der Waals surface area contributed by atoms with E-state index in [2.05, 4.69) is 15.3 Å². The van der Waals surface area contributed by atoms with E-state index in [9.17, 15) is 19.2 Å². The van der Waals surface area contributed by atoms with Crippen molar-refractivity contribution in [2.75, 3.05) is 6.54 Å². The number of benzene rings is 1. The second-order valence-electron chi connectivity index (χ2n) is 5.53. The third-order valence-electron chi connectivity index (χ3n) is 3.90. The van der Waals surface area contributed by atoms with Crippen molar-refractivity contribution in [1.29, 1.82) is 0 Å². The molecular formula is C16H12N4O5S. The molecule has 0 aliphatic carbocycles. The van der Waals surface area contributed by atoms with Gasteiger partial charge < -0.3 is 14.7 Å². The average molecular weight is 372 g/mol. The summed E-state index contributed by atoms with van der Waals surface area (Å²) in [6.45, 7) is 0.128. The van der Waals surface area contributed by atoms with Crippen molar-refractivity contribution < 1.29 is 9.21 Å². The Morgan fingerprint density at radius 3 is 2.85 bits per heavy atom. The zero-order valence-electron chi connectivity index (χ0n) is 13.2. The average Bonchev–Trinajstić information content (AvgIpc) is 3.22. The van der Waals surface area contributed by atoms with E-state index >= 15 is 0 Å². The Morgan fingerprint density at radius 1 is 1.15 bits per heavy atom. The number of hydrogen-bond acceptors (Lipinski definition) is 6. The zero-order chi connectivity index (χ0) is 18.3. The molecule has 4 aromatic rings. The molecule has 132 valence electrons. The van der Waals surface area contributed by atoms with Gasteiger partial charge in [0.15, 0.2) is 5.58 Å². The van der Waals surface area contributed by atoms with Gasteiger partial charge in [-0.05, 0) is 29.6 Å². The number of thiophene rings is 1. The Labute approximate surface area is 147 Å². The second kappa shape index (κ2) is 6.15. The summed E-state index contributed by atoms with van der Waals surface area (Å²) in [5.74, 6) is -1.00. The number of carbonyl (C=O) groups excluding carboxylic acids is 1. The Morgan fingerprint density at radius 2 is 2.00 bits per heavy atom. The maximum atomic E-state index is 12.3. The molecule has 0 aliphatic heterocycles. The largest absolute Gasteiger partial charge is 0.417 e. The number of aromatic nitrogens is 3. The normalized spacial score (nSPS) is 11.2. The summed E-state index contributed by atoms with van der Waals surface area (Å²) in [4.78, 5) is 52.8. The lowest BCUT2D eigenvalue weighted by atomic mass is 10.2. The predicted molar refractivity (Wildman–Crippen MR) is 95.9 cm³/mol. The highest BCUT2D eigenvalue weighted by atomic mass is 32.1. The number of rotatable bonds is 4. The van der Waals surface area contributed by atoms with Crippen molar-refractivity contribution in [3.05, 3.63) is 66.6 Å². The highest BCUT2D eigenvalue weighted by molar-refractivity contribution is 7.17. The molecule has 1 aromatic carbocycles. The van der Waals surface area contributed by atoms with Gasteiger partial charge in [-0.3, -0.25) is 19.1 Å². The van der Waals surface area contributed by atoms with Crippen LogP contribution in [0.5, 0.6) is 0 Å². The van der Waals surface area contributed by atoms with Crippen molar-refractivity contribution in [2.24, 2.45) is 0 Å². The topological polar surface area (TPSA) is 130 Å². The molecule has 0 bridgehead atoms. The van der Waals surface area contributed by atoms with E-state index in [1.807, 2.05) is 0 Å². The van der Waals surface area contributed by atoms with Crippen LogP contribution in [-0.4, -0.2) is 27.0 Å². The van der Waals surface area contributed by atoms with Gasteiger partial charge in [-0.1, -0.05) is 0 Å². The fourth-order valence-electron chi connectivity index (χ4n) is 2.64. The van der Waals surface area contributed by atoms with Crippen LogP contribution in [0.15, 0.2) is 48.4 Å². The Kier molecular flexibility index (Phi) is 3.81. The van der Waals surface area contributed by atoms with Crippen LogP contribution in [0, 0.1) is 0 Å². The summed E-state index contributed by atoms with van der Waals surface area (Å²) in [6, 6.07) is 6.22. The Bertz CT molecular complexity index is 1310. The number of carbonyl (C=O) groups is 1. The van der Waals surface area contributed by atoms with Gasteiger partial charge in [0.2, 0.25) is 0 Å². The number of nitrogens with zero attached hydrogens (tertiary/aromatic N) is 1. The first kappa shape index (κ1) is 16.1. The van der Waals surface area contributed by atoms with Crippen LogP contribution in [0.25, 0.3) is 21.3 Å². The number of nitrogens with one attached hydrogen (secondary N) is 3. The van der Waals surface area contributed by atoms with Crippen LogP contribution < -0.4 is 22.3 Å². The molecule has 26 heavy (non-hydrogen) atoms. The number of H-pyrrole nitrogens is 2. The van der Waals surface area contributed by atoms with Crippen LogP contribution in [-0.2, 0) is 6.54 Å². The Balaban J connectivity index is 1.50. The van der Waals surface area contributed by atoms with Crippen molar-refractivity contribution in [1.82, 2.24) is 19.9 Å². The third-order valence-corrected chi connectivity index (χ3v) is 4.80. The molecule has 0 atom stereocenters. The molecule has 0 spiro atoms. The summed E-state index contributed by atoms with van der Waals surface area (Å²) in [5, 5.41) is 4.36. The number of hydrogen-bond donors (Lipinski definition) is 3. The van der Waals surface area contributed by atoms with Crippen LogP contribution in [0.3, 0.4) is 0 Å². The molecular weight excluding hydrogens is 360 g/mol. The van der Waals surface area contributed by atoms with Gasteiger partial charge in [0.25, 0.3) is 11.5 Å². The fourth-order valence-corrected chi connectivity index (χ4v) is 3.44. The minimum atomic E-state index is -0.597. The highest BCUT2D eigenvalue weighted by Gasteiger charge is 2.11. The highest BCUT2D eigenvalue weighted by Crippen LogP contribution is 2.13. The quantitative estimate of drug-likeness (QED) is 0.483. The van der Waals surface area contributed by atoms with Gasteiger partial charge in [-0.25, -0.2) is 9.59 Å². The van der Waals surface area contributed by atoms with E-state index in [1.54, 1.807) is 23.6 Å². The molecule has 3 aromatic heterocycles. The summed E-state index contributed by atoms with van der Waals surface area (Å²) in [5.41, 5.74) is 0.670. The molecule has 0 radical (unpaired) electrons. The Hall–Kier alpha value is -3.40. The van der Waals surface area contributed by atoms with Gasteiger partial charge in [0.1, 0.15) is 4.70 Å². The number of oxazole rings is 1. The molecule has 0 unspecified atom stereocenters.